The van der Waals surface area contributed by atoms with E-state index in [1.54, 1.807) is 0 Å². The molecule has 1 aromatic carbocycles. The van der Waals surface area contributed by atoms with Gasteiger partial charge in [-0.15, -0.1) is 0 Å². The van der Waals surface area contributed by atoms with Crippen molar-refractivity contribution >= 4 is 23.1 Å². The van der Waals surface area contributed by atoms with Gasteiger partial charge in [0.15, 0.2) is 0 Å². The van der Waals surface area contributed by atoms with Crippen LogP contribution in [-0.2, 0) is 0 Å². The van der Waals surface area contributed by atoms with Crippen molar-refractivity contribution in [2.45, 2.75) is 59.3 Å². The van der Waals surface area contributed by atoms with Gasteiger partial charge in [-0.05, 0) is 17.8 Å². The van der Waals surface area contributed by atoms with Crippen LogP contribution < -0.4 is 12.4 Å². The average molecular weight is 263 g/mol. The maximum atomic E-state index is 3.54. The summed E-state index contributed by atoms with van der Waals surface area (Å²) in [6.07, 6.45) is 0. The molecule has 0 radical (unpaired) electrons. The van der Waals surface area contributed by atoms with Gasteiger partial charge in [-0.3, -0.25) is 0 Å². The Bertz CT molecular complexity index is 265. The molecule has 0 aromatic heterocycles. The zero-order chi connectivity index (χ0) is 11.6. The molecule has 0 unspecified atom stereocenters. The molecule has 2 heteroatoms. The molecule has 0 N–H and O–H groups in total. The first-order chi connectivity index (χ1) is 6.91. The van der Waals surface area contributed by atoms with Crippen LogP contribution in [-0.4, -0.2) is 23.1 Å². The molecule has 0 fully saturated rings. The number of hydrogen-bond acceptors (Lipinski definition) is 0. The van der Waals surface area contributed by atoms with E-state index in [-0.39, 0.29) is 35.5 Å². The topological polar surface area (TPSA) is 0 Å². The van der Waals surface area contributed by atoms with Crippen molar-refractivity contribution in [3.05, 3.63) is 34.9 Å². The zero-order valence-corrected chi connectivity index (χ0v) is 14.1. The second-order valence-electron chi connectivity index (χ2n) is 5.29. The van der Waals surface area contributed by atoms with Crippen molar-refractivity contribution in [3.8, 4) is 0 Å². The minimum absolute atomic E-state index is 0. The number of hydrogen-bond donors (Lipinski definition) is 0. The van der Waals surface area contributed by atoms with Crippen LogP contribution in [0, 0.1) is 6.07 Å². The van der Waals surface area contributed by atoms with Gasteiger partial charge in [0.1, 0.15) is 0 Å². The van der Waals surface area contributed by atoms with Crippen LogP contribution in [0.2, 0.25) is 0 Å². The molecule has 0 amide bonds. The molecule has 0 spiro atoms. The summed E-state index contributed by atoms with van der Waals surface area (Å²) in [5, 5.41) is 0. The Hall–Kier alpha value is 0.276. The zero-order valence-electron chi connectivity index (χ0n) is 12.0. The maximum absolute atomic E-state index is 3.54. The van der Waals surface area contributed by atoms with Crippen molar-refractivity contribution in [3.63, 3.8) is 0 Å². The molecule has 0 saturated heterocycles. The van der Waals surface area contributed by atoms with Crippen LogP contribution >= 0.6 is 0 Å². The molecule has 0 heterocycles. The summed E-state index contributed by atoms with van der Waals surface area (Å²) in [5.74, 6) is 1.75. The molecule has 0 atom stereocenters. The van der Waals surface area contributed by atoms with Gasteiger partial charge in [0.05, 0.1) is 0 Å². The fraction of sp³-hybridized carbons (Fsp3) is 0.600. The summed E-state index contributed by atoms with van der Waals surface area (Å²) >= 11 is 0. The monoisotopic (exact) mass is 262 g/mol. The third-order valence-electron chi connectivity index (χ3n) is 2.84. The van der Waals surface area contributed by atoms with Crippen molar-refractivity contribution in [2.75, 3.05) is 0 Å². The van der Waals surface area contributed by atoms with E-state index in [0.29, 0.717) is 17.8 Å². The molecule has 0 aliphatic carbocycles. The molecule has 0 saturated carbocycles. The molecular formula is C15H23ClMg. The van der Waals surface area contributed by atoms with Crippen molar-refractivity contribution in [1.82, 2.24) is 0 Å². The van der Waals surface area contributed by atoms with Gasteiger partial charge in [-0.1, -0.05) is 41.5 Å². The summed E-state index contributed by atoms with van der Waals surface area (Å²) in [7, 11) is 0. The molecule has 1 rings (SSSR count). The number of benzene rings is 1. The Morgan fingerprint density at radius 1 is 0.765 bits per heavy atom. The van der Waals surface area contributed by atoms with Crippen LogP contribution in [0.5, 0.6) is 0 Å². The van der Waals surface area contributed by atoms with Gasteiger partial charge in [0, 0.05) is 0 Å². The summed E-state index contributed by atoms with van der Waals surface area (Å²) in [6, 6.07) is 8.15. The first-order valence-electron chi connectivity index (χ1n) is 5.98. The van der Waals surface area contributed by atoms with Gasteiger partial charge in [-0.25, -0.2) is 0 Å². The fourth-order valence-corrected chi connectivity index (χ4v) is 1.59. The molecular weight excluding hydrogens is 240 g/mol. The minimum Gasteiger partial charge on any atom is -1.00 e. The number of rotatable bonds is 3. The molecule has 0 bridgehead atoms. The quantitative estimate of drug-likeness (QED) is 0.572. The van der Waals surface area contributed by atoms with E-state index in [1.807, 2.05) is 0 Å². The van der Waals surface area contributed by atoms with Crippen LogP contribution in [0.3, 0.4) is 0 Å². The fourth-order valence-electron chi connectivity index (χ4n) is 1.59. The smallest absolute Gasteiger partial charge is 1.00 e. The average Bonchev–Trinajstić information content (AvgIpc) is 2.16. The van der Waals surface area contributed by atoms with E-state index in [2.05, 4.69) is 59.7 Å². The second kappa shape index (κ2) is 8.39. The maximum Gasteiger partial charge on any atom is 2.00 e. The van der Waals surface area contributed by atoms with E-state index in [1.165, 1.54) is 16.7 Å². The summed E-state index contributed by atoms with van der Waals surface area (Å²) in [4.78, 5) is 0. The van der Waals surface area contributed by atoms with Gasteiger partial charge in [0.25, 0.3) is 0 Å². The summed E-state index contributed by atoms with van der Waals surface area (Å²) in [5.41, 5.74) is 4.15. The molecule has 0 aliphatic heterocycles. The van der Waals surface area contributed by atoms with Crippen molar-refractivity contribution in [1.29, 1.82) is 0 Å². The predicted octanol–water partition coefficient (Wildman–Crippen LogP) is 1.48. The van der Waals surface area contributed by atoms with E-state index >= 15 is 0 Å². The van der Waals surface area contributed by atoms with E-state index < -0.39 is 0 Å². The molecule has 92 valence electrons. The van der Waals surface area contributed by atoms with Gasteiger partial charge in [0.2, 0.25) is 0 Å². The van der Waals surface area contributed by atoms with E-state index in [9.17, 15) is 0 Å². The molecule has 0 aliphatic rings. The van der Waals surface area contributed by atoms with Crippen molar-refractivity contribution < 1.29 is 12.4 Å². The Labute approximate surface area is 129 Å². The third-order valence-corrected chi connectivity index (χ3v) is 2.84. The Morgan fingerprint density at radius 3 is 1.35 bits per heavy atom. The summed E-state index contributed by atoms with van der Waals surface area (Å²) < 4.78 is 0. The van der Waals surface area contributed by atoms with Crippen LogP contribution in [0.4, 0.5) is 0 Å². The molecule has 0 nitrogen and oxygen atoms in total. The van der Waals surface area contributed by atoms with Crippen LogP contribution in [0.1, 0.15) is 76.0 Å². The predicted molar refractivity (Wildman–Crippen MR) is 73.3 cm³/mol. The SMILES string of the molecule is CC(C)c1[c-]c(C(C)C)cc(C(C)C)c1.[Cl-].[Mg+2]. The van der Waals surface area contributed by atoms with Gasteiger partial charge in [-0.2, -0.15) is 34.9 Å². The van der Waals surface area contributed by atoms with Crippen LogP contribution in [0.15, 0.2) is 12.1 Å². The Kier molecular flexibility index (Phi) is 9.68. The van der Waals surface area contributed by atoms with E-state index in [0.717, 1.165) is 0 Å². The first-order valence-corrected chi connectivity index (χ1v) is 5.98. The third kappa shape index (κ3) is 5.63. The normalized spacial score (nSPS) is 10.4. The first kappa shape index (κ1) is 19.6. The van der Waals surface area contributed by atoms with Gasteiger partial charge >= 0.3 is 23.1 Å². The minimum atomic E-state index is 0. The standard InChI is InChI=1S/C15H23.ClH.Mg/c1-10(2)13-7-14(11(3)4)9-15(8-13)12(5)6;;/h7-8,10-12H,1-6H3;1H;/q-1;;+2/p-1. The van der Waals surface area contributed by atoms with Gasteiger partial charge < -0.3 is 12.4 Å². The van der Waals surface area contributed by atoms with E-state index in [4.69, 9.17) is 0 Å². The largest absolute Gasteiger partial charge is 2.00 e. The van der Waals surface area contributed by atoms with Crippen molar-refractivity contribution in [2.24, 2.45) is 0 Å². The summed E-state index contributed by atoms with van der Waals surface area (Å²) in [6.45, 7) is 13.5. The molecule has 17 heavy (non-hydrogen) atoms. The second-order valence-corrected chi connectivity index (χ2v) is 5.29. The Balaban J connectivity index is 0. The Morgan fingerprint density at radius 2 is 1.12 bits per heavy atom. The number of halogens is 1. The molecule has 1 aromatic rings. The van der Waals surface area contributed by atoms with Crippen LogP contribution in [0.25, 0.3) is 0 Å².